The zero-order valence-corrected chi connectivity index (χ0v) is 10.6. The second kappa shape index (κ2) is 4.48. The smallest absolute Gasteiger partial charge is 0.388 e. The second-order valence-corrected chi connectivity index (χ2v) is 4.35. The minimum Gasteiger partial charge on any atom is -0.388 e. The highest BCUT2D eigenvalue weighted by molar-refractivity contribution is 6.45. The van der Waals surface area contributed by atoms with Gasteiger partial charge in [0.1, 0.15) is 5.69 Å². The Morgan fingerprint density at radius 1 is 1.22 bits per heavy atom. The highest BCUT2D eigenvalue weighted by Crippen LogP contribution is 2.37. The number of hydrogen-bond donors (Lipinski definition) is 1. The summed E-state index contributed by atoms with van der Waals surface area (Å²) < 4.78 is 38.1. The molecule has 0 atom stereocenters. The van der Waals surface area contributed by atoms with Gasteiger partial charge in [-0.25, -0.2) is 4.98 Å². The molecule has 1 aromatic heterocycles. The van der Waals surface area contributed by atoms with Crippen LogP contribution in [-0.2, 0) is 6.18 Å². The van der Waals surface area contributed by atoms with Crippen LogP contribution in [-0.4, -0.2) is 12.0 Å². The highest BCUT2D eigenvalue weighted by atomic mass is 35.5. The zero-order chi connectivity index (χ0) is 13.5. The fraction of sp³-hybridized carbons (Fsp3) is 0.182. The van der Waals surface area contributed by atoms with E-state index in [0.717, 1.165) is 6.07 Å². The maximum absolute atomic E-state index is 12.7. The van der Waals surface area contributed by atoms with Gasteiger partial charge in [-0.15, -0.1) is 0 Å². The second-order valence-electron chi connectivity index (χ2n) is 3.56. The molecule has 0 saturated carbocycles. The van der Waals surface area contributed by atoms with E-state index in [1.807, 2.05) is 0 Å². The number of anilines is 1. The molecule has 96 valence electrons. The lowest BCUT2D eigenvalue weighted by Gasteiger charge is -2.12. The van der Waals surface area contributed by atoms with Crippen molar-refractivity contribution in [2.75, 3.05) is 12.4 Å². The van der Waals surface area contributed by atoms with Crippen LogP contribution in [0.2, 0.25) is 10.0 Å². The lowest BCUT2D eigenvalue weighted by Crippen LogP contribution is -2.09. The summed E-state index contributed by atoms with van der Waals surface area (Å²) in [5.41, 5.74) is -0.683. The first-order valence-electron chi connectivity index (χ1n) is 4.88. The third-order valence-corrected chi connectivity index (χ3v) is 3.23. The molecule has 0 aliphatic heterocycles. The van der Waals surface area contributed by atoms with Crippen molar-refractivity contribution >= 4 is 39.8 Å². The fourth-order valence-electron chi connectivity index (χ4n) is 1.59. The Balaban J connectivity index is 2.85. The van der Waals surface area contributed by atoms with E-state index < -0.39 is 11.9 Å². The van der Waals surface area contributed by atoms with E-state index in [9.17, 15) is 13.2 Å². The molecule has 0 spiro atoms. The summed E-state index contributed by atoms with van der Waals surface area (Å²) in [6.07, 6.45) is -4.54. The molecule has 1 aromatic carbocycles. The number of rotatable bonds is 1. The largest absolute Gasteiger partial charge is 0.433 e. The van der Waals surface area contributed by atoms with Crippen molar-refractivity contribution in [3.8, 4) is 0 Å². The Labute approximate surface area is 111 Å². The molecule has 18 heavy (non-hydrogen) atoms. The van der Waals surface area contributed by atoms with Crippen molar-refractivity contribution < 1.29 is 13.2 Å². The molecule has 1 heterocycles. The number of pyridine rings is 1. The molecule has 2 aromatic rings. The zero-order valence-electron chi connectivity index (χ0n) is 9.07. The SMILES string of the molecule is CNc1cc(C(F)(F)F)nc2c(Cl)c(Cl)ccc12. The molecule has 0 unspecified atom stereocenters. The number of nitrogens with zero attached hydrogens (tertiary/aromatic N) is 1. The topological polar surface area (TPSA) is 24.9 Å². The normalized spacial score (nSPS) is 11.9. The van der Waals surface area contributed by atoms with Crippen LogP contribution in [0.3, 0.4) is 0 Å². The summed E-state index contributed by atoms with van der Waals surface area (Å²) >= 11 is 11.7. The van der Waals surface area contributed by atoms with Crippen LogP contribution in [0.5, 0.6) is 0 Å². The summed E-state index contributed by atoms with van der Waals surface area (Å²) in [4.78, 5) is 3.53. The highest BCUT2D eigenvalue weighted by Gasteiger charge is 2.33. The van der Waals surface area contributed by atoms with Crippen molar-refractivity contribution in [1.29, 1.82) is 0 Å². The molecular weight excluding hydrogens is 288 g/mol. The van der Waals surface area contributed by atoms with E-state index in [1.54, 1.807) is 6.07 Å². The first-order valence-corrected chi connectivity index (χ1v) is 5.64. The van der Waals surface area contributed by atoms with E-state index in [1.165, 1.54) is 13.1 Å². The molecule has 7 heteroatoms. The van der Waals surface area contributed by atoms with Crippen molar-refractivity contribution in [2.45, 2.75) is 6.18 Å². The molecular formula is C11H7Cl2F3N2. The van der Waals surface area contributed by atoms with Crippen LogP contribution >= 0.6 is 23.2 Å². The molecule has 0 saturated heterocycles. The van der Waals surface area contributed by atoms with E-state index in [-0.39, 0.29) is 15.6 Å². The Bertz CT molecular complexity index is 611. The van der Waals surface area contributed by atoms with Gasteiger partial charge >= 0.3 is 6.18 Å². The molecule has 0 radical (unpaired) electrons. The van der Waals surface area contributed by atoms with Crippen molar-refractivity contribution in [1.82, 2.24) is 4.98 Å². The van der Waals surface area contributed by atoms with Gasteiger partial charge < -0.3 is 5.32 Å². The maximum Gasteiger partial charge on any atom is 0.433 e. The Kier molecular flexibility index (Phi) is 3.29. The monoisotopic (exact) mass is 294 g/mol. The van der Waals surface area contributed by atoms with Crippen LogP contribution in [0.1, 0.15) is 5.69 Å². The van der Waals surface area contributed by atoms with E-state index in [0.29, 0.717) is 11.1 Å². The van der Waals surface area contributed by atoms with Gasteiger partial charge in [-0.3, -0.25) is 0 Å². The third kappa shape index (κ3) is 2.20. The van der Waals surface area contributed by atoms with Crippen LogP contribution in [0.25, 0.3) is 10.9 Å². The minimum absolute atomic E-state index is 0.0109. The minimum atomic E-state index is -4.54. The summed E-state index contributed by atoms with van der Waals surface area (Å²) in [6, 6.07) is 4.02. The van der Waals surface area contributed by atoms with Crippen LogP contribution in [0.15, 0.2) is 18.2 Å². The fourth-order valence-corrected chi connectivity index (χ4v) is 1.95. The summed E-state index contributed by atoms with van der Waals surface area (Å²) in [5, 5.41) is 3.35. The molecule has 2 nitrogen and oxygen atoms in total. The Hall–Kier alpha value is -1.20. The van der Waals surface area contributed by atoms with E-state index in [4.69, 9.17) is 23.2 Å². The van der Waals surface area contributed by atoms with Gasteiger partial charge in [0.2, 0.25) is 0 Å². The van der Waals surface area contributed by atoms with Gasteiger partial charge in [-0.05, 0) is 18.2 Å². The summed E-state index contributed by atoms with van der Waals surface area (Å²) in [6.45, 7) is 0. The van der Waals surface area contributed by atoms with Gasteiger partial charge in [0.15, 0.2) is 0 Å². The van der Waals surface area contributed by atoms with Gasteiger partial charge in [0.05, 0.1) is 15.6 Å². The maximum atomic E-state index is 12.7. The predicted molar refractivity (Wildman–Crippen MR) is 66.3 cm³/mol. The van der Waals surface area contributed by atoms with E-state index >= 15 is 0 Å². The Morgan fingerprint density at radius 3 is 2.44 bits per heavy atom. The number of aromatic nitrogens is 1. The number of nitrogens with one attached hydrogen (secondary N) is 1. The lowest BCUT2D eigenvalue weighted by molar-refractivity contribution is -0.140. The number of benzene rings is 1. The quantitative estimate of drug-likeness (QED) is 0.831. The number of halogens is 5. The summed E-state index contributed by atoms with van der Waals surface area (Å²) in [5.74, 6) is 0. The molecule has 0 aliphatic carbocycles. The average molecular weight is 295 g/mol. The van der Waals surface area contributed by atoms with Crippen molar-refractivity contribution in [3.05, 3.63) is 33.9 Å². The van der Waals surface area contributed by atoms with Crippen molar-refractivity contribution in [2.24, 2.45) is 0 Å². The number of alkyl halides is 3. The van der Waals surface area contributed by atoms with Gasteiger partial charge in [-0.2, -0.15) is 13.2 Å². The molecule has 0 bridgehead atoms. The third-order valence-electron chi connectivity index (χ3n) is 2.43. The first-order chi connectivity index (χ1) is 8.34. The van der Waals surface area contributed by atoms with Gasteiger partial charge in [0, 0.05) is 18.1 Å². The van der Waals surface area contributed by atoms with Crippen LogP contribution in [0.4, 0.5) is 18.9 Å². The first kappa shape index (κ1) is 13.2. The van der Waals surface area contributed by atoms with Crippen LogP contribution in [0, 0.1) is 0 Å². The van der Waals surface area contributed by atoms with E-state index in [2.05, 4.69) is 10.3 Å². The molecule has 2 rings (SSSR count). The molecule has 1 N–H and O–H groups in total. The summed E-state index contributed by atoms with van der Waals surface area (Å²) in [7, 11) is 1.53. The van der Waals surface area contributed by atoms with Crippen LogP contribution < -0.4 is 5.32 Å². The standard InChI is InChI=1S/C11H7Cl2F3N2/c1-17-7-4-8(11(14,15)16)18-10-5(7)2-3-6(12)9(10)13/h2-4H,1H3,(H,17,18). The van der Waals surface area contributed by atoms with Gasteiger partial charge in [-0.1, -0.05) is 23.2 Å². The number of hydrogen-bond acceptors (Lipinski definition) is 2. The molecule has 0 aliphatic rings. The number of fused-ring (bicyclic) bond motifs is 1. The molecule has 0 amide bonds. The predicted octanol–water partition coefficient (Wildman–Crippen LogP) is 4.60. The molecule has 0 fully saturated rings. The average Bonchev–Trinajstić information content (AvgIpc) is 2.31. The Morgan fingerprint density at radius 2 is 1.89 bits per heavy atom. The lowest BCUT2D eigenvalue weighted by atomic mass is 10.1. The van der Waals surface area contributed by atoms with Gasteiger partial charge in [0.25, 0.3) is 0 Å². The van der Waals surface area contributed by atoms with Crippen molar-refractivity contribution in [3.63, 3.8) is 0 Å².